The van der Waals surface area contributed by atoms with Crippen LogP contribution >= 0.6 is 0 Å². The normalized spacial score (nSPS) is 10.1. The number of nitrogens with zero attached hydrogens (tertiary/aromatic N) is 3. The van der Waals surface area contributed by atoms with Gasteiger partial charge in [0.2, 0.25) is 5.95 Å². The van der Waals surface area contributed by atoms with Gasteiger partial charge in [-0.05, 0) is 17.7 Å². The number of anilines is 3. The molecular weight excluding hydrogens is 226 g/mol. The summed E-state index contributed by atoms with van der Waals surface area (Å²) in [6.07, 6.45) is 1.74. The summed E-state index contributed by atoms with van der Waals surface area (Å²) in [5.41, 5.74) is 7.72. The number of benzene rings is 1. The van der Waals surface area contributed by atoms with Crippen LogP contribution in [0.25, 0.3) is 0 Å². The van der Waals surface area contributed by atoms with Crippen molar-refractivity contribution in [2.45, 2.75) is 6.54 Å². The van der Waals surface area contributed by atoms with Gasteiger partial charge in [-0.25, -0.2) is 4.98 Å². The van der Waals surface area contributed by atoms with Gasteiger partial charge in [-0.3, -0.25) is 0 Å². The van der Waals surface area contributed by atoms with Gasteiger partial charge < -0.3 is 16.0 Å². The summed E-state index contributed by atoms with van der Waals surface area (Å²) in [6.45, 7) is 0.649. The zero-order valence-electron chi connectivity index (χ0n) is 10.6. The van der Waals surface area contributed by atoms with E-state index in [-0.39, 0.29) is 0 Å². The fourth-order valence-corrected chi connectivity index (χ4v) is 1.54. The van der Waals surface area contributed by atoms with Crippen LogP contribution in [0.15, 0.2) is 36.5 Å². The minimum Gasteiger partial charge on any atom is -0.398 e. The SMILES string of the molecule is CN(C)c1nccc(NCc2ccccc2N)n1. The maximum absolute atomic E-state index is 5.88. The van der Waals surface area contributed by atoms with Crippen molar-refractivity contribution < 1.29 is 0 Å². The zero-order valence-corrected chi connectivity index (χ0v) is 10.6. The average Bonchev–Trinajstić information content (AvgIpc) is 2.38. The van der Waals surface area contributed by atoms with E-state index in [0.29, 0.717) is 12.5 Å². The van der Waals surface area contributed by atoms with E-state index in [2.05, 4.69) is 15.3 Å². The molecular formula is C13H17N5. The quantitative estimate of drug-likeness (QED) is 0.801. The van der Waals surface area contributed by atoms with Crippen molar-refractivity contribution >= 4 is 17.5 Å². The fourth-order valence-electron chi connectivity index (χ4n) is 1.54. The van der Waals surface area contributed by atoms with Crippen LogP contribution in [-0.2, 0) is 6.54 Å². The summed E-state index contributed by atoms with van der Waals surface area (Å²) in [6, 6.07) is 9.62. The van der Waals surface area contributed by atoms with Gasteiger partial charge >= 0.3 is 0 Å². The Balaban J connectivity index is 2.07. The first kappa shape index (κ1) is 12.2. The Morgan fingerprint density at radius 2 is 2.00 bits per heavy atom. The molecule has 0 radical (unpaired) electrons. The Labute approximate surface area is 107 Å². The number of hydrogen-bond acceptors (Lipinski definition) is 5. The molecule has 5 nitrogen and oxygen atoms in total. The van der Waals surface area contributed by atoms with Gasteiger partial charge in [-0.2, -0.15) is 4.98 Å². The number of hydrogen-bond donors (Lipinski definition) is 2. The van der Waals surface area contributed by atoms with E-state index in [1.165, 1.54) is 0 Å². The number of nitrogens with two attached hydrogens (primary N) is 1. The average molecular weight is 243 g/mol. The van der Waals surface area contributed by atoms with Crippen LogP contribution in [0.4, 0.5) is 17.5 Å². The number of aromatic nitrogens is 2. The van der Waals surface area contributed by atoms with Crippen LogP contribution in [0.3, 0.4) is 0 Å². The van der Waals surface area contributed by atoms with Crippen molar-refractivity contribution in [2.24, 2.45) is 0 Å². The van der Waals surface area contributed by atoms with Crippen molar-refractivity contribution in [3.05, 3.63) is 42.1 Å². The third-order valence-corrected chi connectivity index (χ3v) is 2.56. The molecule has 0 aliphatic heterocycles. The highest BCUT2D eigenvalue weighted by Gasteiger charge is 2.02. The largest absolute Gasteiger partial charge is 0.398 e. The molecule has 2 rings (SSSR count). The summed E-state index contributed by atoms with van der Waals surface area (Å²) in [7, 11) is 3.82. The molecule has 0 atom stereocenters. The Bertz CT molecular complexity index is 524. The highest BCUT2D eigenvalue weighted by atomic mass is 15.2. The number of nitrogens with one attached hydrogen (secondary N) is 1. The third kappa shape index (κ3) is 2.88. The smallest absolute Gasteiger partial charge is 0.226 e. The molecule has 1 heterocycles. The standard InChI is InChI=1S/C13H17N5/c1-18(2)13-15-8-7-12(17-13)16-9-10-5-3-4-6-11(10)14/h3-8H,9,14H2,1-2H3,(H,15,16,17). The molecule has 0 spiro atoms. The van der Waals surface area contributed by atoms with Crippen molar-refractivity contribution in [2.75, 3.05) is 30.0 Å². The first-order chi connectivity index (χ1) is 8.66. The van der Waals surface area contributed by atoms with Crippen molar-refractivity contribution in [3.8, 4) is 0 Å². The van der Waals surface area contributed by atoms with Crippen LogP contribution in [0.2, 0.25) is 0 Å². The molecule has 0 aliphatic carbocycles. The van der Waals surface area contributed by atoms with E-state index >= 15 is 0 Å². The Hall–Kier alpha value is -2.30. The van der Waals surface area contributed by atoms with E-state index < -0.39 is 0 Å². The van der Waals surface area contributed by atoms with Crippen LogP contribution in [0.1, 0.15) is 5.56 Å². The molecule has 94 valence electrons. The van der Waals surface area contributed by atoms with Gasteiger partial charge in [-0.15, -0.1) is 0 Å². The van der Waals surface area contributed by atoms with Gasteiger partial charge in [0.1, 0.15) is 5.82 Å². The second kappa shape index (κ2) is 5.35. The topological polar surface area (TPSA) is 67.1 Å². The molecule has 0 saturated carbocycles. The number of rotatable bonds is 4. The third-order valence-electron chi connectivity index (χ3n) is 2.56. The fraction of sp³-hybridized carbons (Fsp3) is 0.231. The molecule has 3 N–H and O–H groups in total. The van der Waals surface area contributed by atoms with Gasteiger partial charge in [0, 0.05) is 32.5 Å². The lowest BCUT2D eigenvalue weighted by Crippen LogP contribution is -2.13. The predicted molar refractivity (Wildman–Crippen MR) is 74.5 cm³/mol. The molecule has 2 aromatic rings. The Morgan fingerprint density at radius 3 is 2.72 bits per heavy atom. The van der Waals surface area contributed by atoms with Crippen LogP contribution in [-0.4, -0.2) is 24.1 Å². The molecule has 0 saturated heterocycles. The number of para-hydroxylation sites is 1. The van der Waals surface area contributed by atoms with Gasteiger partial charge in [0.05, 0.1) is 0 Å². The van der Waals surface area contributed by atoms with Crippen molar-refractivity contribution in [3.63, 3.8) is 0 Å². The summed E-state index contributed by atoms with van der Waals surface area (Å²) >= 11 is 0. The molecule has 1 aromatic carbocycles. The lowest BCUT2D eigenvalue weighted by Gasteiger charge is -2.12. The van der Waals surface area contributed by atoms with Crippen molar-refractivity contribution in [1.82, 2.24) is 9.97 Å². The van der Waals surface area contributed by atoms with Gasteiger partial charge in [0.15, 0.2) is 0 Å². The Morgan fingerprint density at radius 1 is 1.22 bits per heavy atom. The maximum atomic E-state index is 5.88. The number of nitrogen functional groups attached to an aromatic ring is 1. The molecule has 1 aromatic heterocycles. The van der Waals surface area contributed by atoms with E-state index in [1.807, 2.05) is 49.3 Å². The summed E-state index contributed by atoms with van der Waals surface area (Å²) in [4.78, 5) is 10.4. The molecule has 0 bridgehead atoms. The monoisotopic (exact) mass is 243 g/mol. The maximum Gasteiger partial charge on any atom is 0.226 e. The van der Waals surface area contributed by atoms with Crippen molar-refractivity contribution in [1.29, 1.82) is 0 Å². The minimum atomic E-state index is 0.649. The lowest BCUT2D eigenvalue weighted by atomic mass is 10.2. The van der Waals surface area contributed by atoms with Crippen LogP contribution < -0.4 is 16.0 Å². The molecule has 0 fully saturated rings. The Kier molecular flexibility index (Phi) is 3.62. The molecule has 0 unspecified atom stereocenters. The van der Waals surface area contributed by atoms with E-state index in [4.69, 9.17) is 5.73 Å². The minimum absolute atomic E-state index is 0.649. The first-order valence-electron chi connectivity index (χ1n) is 5.74. The molecule has 0 aliphatic rings. The van der Waals surface area contributed by atoms with E-state index in [0.717, 1.165) is 17.1 Å². The second-order valence-electron chi connectivity index (χ2n) is 4.19. The summed E-state index contributed by atoms with van der Waals surface area (Å²) in [5, 5.41) is 3.24. The first-order valence-corrected chi connectivity index (χ1v) is 5.74. The summed E-state index contributed by atoms with van der Waals surface area (Å²) < 4.78 is 0. The predicted octanol–water partition coefficient (Wildman–Crippen LogP) is 1.74. The highest BCUT2D eigenvalue weighted by molar-refractivity contribution is 5.49. The van der Waals surface area contributed by atoms with E-state index in [9.17, 15) is 0 Å². The van der Waals surface area contributed by atoms with Gasteiger partial charge in [-0.1, -0.05) is 18.2 Å². The molecule has 5 heteroatoms. The lowest BCUT2D eigenvalue weighted by molar-refractivity contribution is 0.988. The van der Waals surface area contributed by atoms with Crippen LogP contribution in [0.5, 0.6) is 0 Å². The second-order valence-corrected chi connectivity index (χ2v) is 4.19. The zero-order chi connectivity index (χ0) is 13.0. The molecule has 18 heavy (non-hydrogen) atoms. The molecule has 0 amide bonds. The van der Waals surface area contributed by atoms with Crippen LogP contribution in [0, 0.1) is 0 Å². The van der Waals surface area contributed by atoms with Gasteiger partial charge in [0.25, 0.3) is 0 Å². The van der Waals surface area contributed by atoms with E-state index in [1.54, 1.807) is 6.20 Å². The summed E-state index contributed by atoms with van der Waals surface area (Å²) in [5.74, 6) is 1.47. The highest BCUT2D eigenvalue weighted by Crippen LogP contribution is 2.13.